The van der Waals surface area contributed by atoms with Gasteiger partial charge in [-0.3, -0.25) is 0 Å². The minimum atomic E-state index is -5.86. The van der Waals surface area contributed by atoms with Gasteiger partial charge in [-0.25, -0.2) is 4.85 Å². The van der Waals surface area contributed by atoms with E-state index in [2.05, 4.69) is 4.85 Å². The van der Waals surface area contributed by atoms with Crippen molar-refractivity contribution in [1.82, 2.24) is 4.90 Å². The Labute approximate surface area is 152 Å². The number of nitrogens with two attached hydrogens (primary N) is 1. The molecule has 0 heterocycles. The lowest BCUT2D eigenvalue weighted by Gasteiger charge is -2.23. The number of benzene rings is 2. The summed E-state index contributed by atoms with van der Waals surface area (Å²) in [6.45, 7) is 7.34. The average molecular weight is 385 g/mol. The van der Waals surface area contributed by atoms with Crippen LogP contribution in [0.2, 0.25) is 0 Å². The number of alkyl halides is 5. The molecule has 0 unspecified atom stereocenters. The lowest BCUT2D eigenvalue weighted by Crippen LogP contribution is -2.33. The summed E-state index contributed by atoms with van der Waals surface area (Å²) < 4.78 is 71.5. The fourth-order valence-electron chi connectivity index (χ4n) is 2.36. The molecule has 2 aromatic carbocycles. The molecule has 27 heavy (non-hydrogen) atoms. The van der Waals surface area contributed by atoms with Crippen molar-refractivity contribution in [2.45, 2.75) is 18.6 Å². The summed E-state index contributed by atoms with van der Waals surface area (Å²) in [5.74, 6) is -5.34. The van der Waals surface area contributed by atoms with Gasteiger partial charge in [0.25, 0.3) is 0 Å². The molecule has 0 saturated carbocycles. The van der Waals surface area contributed by atoms with Gasteiger partial charge < -0.3 is 15.4 Å². The summed E-state index contributed by atoms with van der Waals surface area (Å²) in [6.07, 6.45) is -5.86. The van der Waals surface area contributed by atoms with Crippen molar-refractivity contribution in [3.05, 3.63) is 58.9 Å². The van der Waals surface area contributed by atoms with Crippen molar-refractivity contribution < 1.29 is 26.7 Å². The van der Waals surface area contributed by atoms with Crippen LogP contribution in [0.4, 0.5) is 33.3 Å². The van der Waals surface area contributed by atoms with Crippen LogP contribution >= 0.6 is 0 Å². The fraction of sp³-hybridized carbons (Fsp3) is 0.278. The molecule has 0 aromatic heterocycles. The Kier molecular flexibility index (Phi) is 5.61. The number of ether oxygens (including phenoxy) is 1. The van der Waals surface area contributed by atoms with E-state index in [1.807, 2.05) is 4.90 Å². The molecular formula is C18H16F5N3O. The number of hydrogen-bond donors (Lipinski definition) is 1. The van der Waals surface area contributed by atoms with E-state index in [1.54, 1.807) is 38.4 Å². The van der Waals surface area contributed by atoms with Crippen molar-refractivity contribution in [2.24, 2.45) is 0 Å². The smallest absolute Gasteiger partial charge is 0.455 e. The van der Waals surface area contributed by atoms with Crippen LogP contribution in [0.15, 0.2) is 36.4 Å². The monoisotopic (exact) mass is 385 g/mol. The Balaban J connectivity index is 2.55. The molecule has 0 spiro atoms. The van der Waals surface area contributed by atoms with E-state index in [1.165, 1.54) is 0 Å². The first kappa shape index (κ1) is 20.5. The van der Waals surface area contributed by atoms with Gasteiger partial charge in [-0.2, -0.15) is 22.0 Å². The second-order valence-corrected chi connectivity index (χ2v) is 6.04. The molecule has 9 heteroatoms. The van der Waals surface area contributed by atoms with Crippen LogP contribution < -0.4 is 10.5 Å². The Morgan fingerprint density at radius 2 is 1.70 bits per heavy atom. The number of hydrogen-bond acceptors (Lipinski definition) is 3. The van der Waals surface area contributed by atoms with E-state index in [-0.39, 0.29) is 17.2 Å². The largest absolute Gasteiger partial charge is 0.456 e. The number of halogens is 5. The number of para-hydroxylation sites is 1. The Bertz CT molecular complexity index is 872. The SMILES string of the molecule is [C-]#[N+]c1cc(N)c(Oc2ccccc2CN(C)C)cc1C(F)(F)C(F)(F)F. The highest BCUT2D eigenvalue weighted by atomic mass is 19.4. The van der Waals surface area contributed by atoms with Crippen LogP contribution in [0, 0.1) is 6.57 Å². The maximum absolute atomic E-state index is 13.8. The van der Waals surface area contributed by atoms with Crippen LogP contribution in [0.1, 0.15) is 11.1 Å². The summed E-state index contributed by atoms with van der Waals surface area (Å²) in [7, 11) is 3.61. The first-order valence-corrected chi connectivity index (χ1v) is 7.64. The maximum atomic E-state index is 13.8. The van der Waals surface area contributed by atoms with E-state index >= 15 is 0 Å². The van der Waals surface area contributed by atoms with Crippen molar-refractivity contribution in [3.8, 4) is 11.5 Å². The molecular weight excluding hydrogens is 369 g/mol. The zero-order valence-electron chi connectivity index (χ0n) is 14.4. The highest BCUT2D eigenvalue weighted by molar-refractivity contribution is 5.69. The molecule has 0 aliphatic heterocycles. The number of nitrogen functional groups attached to an aromatic ring is 1. The van der Waals surface area contributed by atoms with Crippen LogP contribution in [0.25, 0.3) is 4.85 Å². The molecule has 144 valence electrons. The van der Waals surface area contributed by atoms with Crippen LogP contribution in [0.5, 0.6) is 11.5 Å². The van der Waals surface area contributed by atoms with Crippen molar-refractivity contribution >= 4 is 11.4 Å². The molecule has 0 bridgehead atoms. The van der Waals surface area contributed by atoms with Crippen LogP contribution in [-0.2, 0) is 12.5 Å². The van der Waals surface area contributed by atoms with Gasteiger partial charge in [-0.1, -0.05) is 18.2 Å². The standard InChI is InChI=1S/C18H16F5N3O/c1-25-14-9-13(24)16(8-12(14)17(19,20)18(21,22)23)27-15-7-5-4-6-11(15)10-26(2)3/h4-9H,10,24H2,2-3H3. The van der Waals surface area contributed by atoms with E-state index < -0.39 is 23.3 Å². The summed E-state index contributed by atoms with van der Waals surface area (Å²) in [5.41, 5.74) is 3.79. The third kappa shape index (κ3) is 4.28. The summed E-state index contributed by atoms with van der Waals surface area (Å²) in [6, 6.07) is 7.87. The highest BCUT2D eigenvalue weighted by Gasteiger charge is 2.59. The fourth-order valence-corrected chi connectivity index (χ4v) is 2.36. The van der Waals surface area contributed by atoms with Gasteiger partial charge in [-0.15, -0.1) is 0 Å². The number of rotatable bonds is 5. The molecule has 2 rings (SSSR count). The molecule has 2 N–H and O–H groups in total. The molecule has 0 fully saturated rings. The predicted octanol–water partition coefficient (Wildman–Crippen LogP) is 5.33. The quantitative estimate of drug-likeness (QED) is 0.430. The Morgan fingerprint density at radius 3 is 2.26 bits per heavy atom. The molecule has 0 aliphatic rings. The van der Waals surface area contributed by atoms with Gasteiger partial charge in [-0.05, 0) is 32.3 Å². The second kappa shape index (κ2) is 7.40. The minimum Gasteiger partial charge on any atom is -0.455 e. The normalized spacial score (nSPS) is 12.1. The summed E-state index contributed by atoms with van der Waals surface area (Å²) in [4.78, 5) is 4.57. The van der Waals surface area contributed by atoms with E-state index in [0.29, 0.717) is 18.2 Å². The average Bonchev–Trinajstić information content (AvgIpc) is 2.56. The van der Waals surface area contributed by atoms with Gasteiger partial charge in [0.2, 0.25) is 0 Å². The zero-order chi connectivity index (χ0) is 20.4. The third-order valence-corrected chi connectivity index (χ3v) is 3.62. The molecule has 0 saturated heterocycles. The molecule has 4 nitrogen and oxygen atoms in total. The first-order chi connectivity index (χ1) is 12.5. The minimum absolute atomic E-state index is 0.220. The second-order valence-electron chi connectivity index (χ2n) is 6.04. The van der Waals surface area contributed by atoms with E-state index in [9.17, 15) is 22.0 Å². The van der Waals surface area contributed by atoms with Gasteiger partial charge in [0.05, 0.1) is 12.3 Å². The zero-order valence-corrected chi connectivity index (χ0v) is 14.4. The molecule has 0 amide bonds. The first-order valence-electron chi connectivity index (χ1n) is 7.64. The van der Waals surface area contributed by atoms with Gasteiger partial charge in [0, 0.05) is 17.7 Å². The van der Waals surface area contributed by atoms with Gasteiger partial charge in [0.1, 0.15) is 11.5 Å². The van der Waals surface area contributed by atoms with E-state index in [0.717, 1.165) is 6.07 Å². The Hall–Kier alpha value is -2.86. The molecule has 0 aliphatic carbocycles. The predicted molar refractivity (Wildman–Crippen MR) is 91.0 cm³/mol. The Morgan fingerprint density at radius 1 is 1.07 bits per heavy atom. The summed E-state index contributed by atoms with van der Waals surface area (Å²) in [5, 5.41) is 0. The molecule has 2 aromatic rings. The highest BCUT2D eigenvalue weighted by Crippen LogP contribution is 2.49. The number of nitrogens with zero attached hydrogens (tertiary/aromatic N) is 2. The molecule has 0 radical (unpaired) electrons. The molecule has 0 atom stereocenters. The van der Waals surface area contributed by atoms with Crippen LogP contribution in [-0.4, -0.2) is 25.2 Å². The topological polar surface area (TPSA) is 42.9 Å². The van der Waals surface area contributed by atoms with Crippen molar-refractivity contribution in [1.29, 1.82) is 0 Å². The maximum Gasteiger partial charge on any atom is 0.456 e. The van der Waals surface area contributed by atoms with Gasteiger partial charge in [0.15, 0.2) is 5.69 Å². The third-order valence-electron chi connectivity index (χ3n) is 3.62. The van der Waals surface area contributed by atoms with Crippen LogP contribution in [0.3, 0.4) is 0 Å². The summed E-state index contributed by atoms with van der Waals surface area (Å²) >= 11 is 0. The van der Waals surface area contributed by atoms with Crippen molar-refractivity contribution in [2.75, 3.05) is 19.8 Å². The lowest BCUT2D eigenvalue weighted by atomic mass is 10.0. The van der Waals surface area contributed by atoms with E-state index in [4.69, 9.17) is 17.0 Å². The number of anilines is 1. The van der Waals surface area contributed by atoms with Gasteiger partial charge >= 0.3 is 12.1 Å². The van der Waals surface area contributed by atoms with Crippen molar-refractivity contribution in [3.63, 3.8) is 0 Å². The lowest BCUT2D eigenvalue weighted by molar-refractivity contribution is -0.289.